The summed E-state index contributed by atoms with van der Waals surface area (Å²) < 4.78 is 0. The monoisotopic (exact) mass is 213 g/mol. The summed E-state index contributed by atoms with van der Waals surface area (Å²) in [6.45, 7) is 5.06. The van der Waals surface area contributed by atoms with Crippen molar-refractivity contribution in [3.8, 4) is 0 Å². The van der Waals surface area contributed by atoms with Gasteiger partial charge in [-0.05, 0) is 30.9 Å². The zero-order chi connectivity index (χ0) is 10.4. The SMILES string of the molecule is Cc1cnnc(NCC(C)CCCl)c1. The Hall–Kier alpha value is -0.830. The van der Waals surface area contributed by atoms with Crippen LogP contribution in [-0.4, -0.2) is 22.6 Å². The molecule has 1 heterocycles. The van der Waals surface area contributed by atoms with E-state index in [1.807, 2.05) is 13.0 Å². The van der Waals surface area contributed by atoms with Gasteiger partial charge in [-0.25, -0.2) is 0 Å². The minimum Gasteiger partial charge on any atom is -0.368 e. The van der Waals surface area contributed by atoms with E-state index in [2.05, 4.69) is 22.4 Å². The van der Waals surface area contributed by atoms with E-state index in [1.54, 1.807) is 6.20 Å². The maximum atomic E-state index is 5.65. The molecule has 0 aliphatic heterocycles. The van der Waals surface area contributed by atoms with Gasteiger partial charge in [0.1, 0.15) is 5.82 Å². The summed E-state index contributed by atoms with van der Waals surface area (Å²) in [6, 6.07) is 1.99. The molecule has 0 radical (unpaired) electrons. The lowest BCUT2D eigenvalue weighted by Crippen LogP contribution is -2.12. The molecule has 1 rings (SSSR count). The van der Waals surface area contributed by atoms with Crippen molar-refractivity contribution in [3.05, 3.63) is 17.8 Å². The van der Waals surface area contributed by atoms with E-state index in [-0.39, 0.29) is 0 Å². The third-order valence-corrected chi connectivity index (χ3v) is 2.24. The van der Waals surface area contributed by atoms with Gasteiger partial charge < -0.3 is 5.32 Å². The van der Waals surface area contributed by atoms with Gasteiger partial charge in [0.2, 0.25) is 0 Å². The zero-order valence-electron chi connectivity index (χ0n) is 8.63. The quantitative estimate of drug-likeness (QED) is 0.764. The average molecular weight is 214 g/mol. The highest BCUT2D eigenvalue weighted by atomic mass is 35.5. The fourth-order valence-electron chi connectivity index (χ4n) is 1.12. The third-order valence-electron chi connectivity index (χ3n) is 2.02. The zero-order valence-corrected chi connectivity index (χ0v) is 9.38. The summed E-state index contributed by atoms with van der Waals surface area (Å²) in [5.74, 6) is 2.11. The molecular formula is C10H16ClN3. The van der Waals surface area contributed by atoms with Crippen molar-refractivity contribution >= 4 is 17.4 Å². The van der Waals surface area contributed by atoms with Crippen molar-refractivity contribution in [2.75, 3.05) is 17.7 Å². The highest BCUT2D eigenvalue weighted by molar-refractivity contribution is 6.17. The van der Waals surface area contributed by atoms with Crippen molar-refractivity contribution in [1.82, 2.24) is 10.2 Å². The molecular weight excluding hydrogens is 198 g/mol. The van der Waals surface area contributed by atoms with E-state index < -0.39 is 0 Å². The van der Waals surface area contributed by atoms with Gasteiger partial charge in [-0.3, -0.25) is 0 Å². The van der Waals surface area contributed by atoms with Crippen LogP contribution in [0.25, 0.3) is 0 Å². The maximum absolute atomic E-state index is 5.65. The molecule has 0 fully saturated rings. The fraction of sp³-hybridized carbons (Fsp3) is 0.600. The number of aromatic nitrogens is 2. The van der Waals surface area contributed by atoms with Crippen LogP contribution in [0.5, 0.6) is 0 Å². The number of anilines is 1. The van der Waals surface area contributed by atoms with Gasteiger partial charge in [-0.15, -0.1) is 16.7 Å². The summed E-state index contributed by atoms with van der Waals surface area (Å²) >= 11 is 5.65. The molecule has 0 aromatic carbocycles. The van der Waals surface area contributed by atoms with Gasteiger partial charge >= 0.3 is 0 Å². The molecule has 0 amide bonds. The third kappa shape index (κ3) is 3.92. The molecule has 0 saturated heterocycles. The molecule has 0 aliphatic carbocycles. The summed E-state index contributed by atoms with van der Waals surface area (Å²) in [4.78, 5) is 0. The maximum Gasteiger partial charge on any atom is 0.148 e. The second-order valence-electron chi connectivity index (χ2n) is 3.58. The predicted octanol–water partition coefficient (Wildman–Crippen LogP) is 2.46. The van der Waals surface area contributed by atoms with E-state index in [0.29, 0.717) is 11.8 Å². The number of nitrogens with zero attached hydrogens (tertiary/aromatic N) is 2. The molecule has 0 spiro atoms. The Morgan fingerprint density at radius 3 is 3.00 bits per heavy atom. The number of hydrogen-bond donors (Lipinski definition) is 1. The number of rotatable bonds is 5. The van der Waals surface area contributed by atoms with Crippen molar-refractivity contribution in [2.45, 2.75) is 20.3 Å². The van der Waals surface area contributed by atoms with E-state index in [4.69, 9.17) is 11.6 Å². The Labute approximate surface area is 89.9 Å². The number of hydrogen-bond acceptors (Lipinski definition) is 3. The molecule has 1 N–H and O–H groups in total. The van der Waals surface area contributed by atoms with Crippen LogP contribution >= 0.6 is 11.6 Å². The average Bonchev–Trinajstić information content (AvgIpc) is 2.15. The van der Waals surface area contributed by atoms with E-state index >= 15 is 0 Å². The normalized spacial score (nSPS) is 12.5. The molecule has 0 bridgehead atoms. The molecule has 3 nitrogen and oxygen atoms in total. The van der Waals surface area contributed by atoms with Crippen LogP contribution < -0.4 is 5.32 Å². The highest BCUT2D eigenvalue weighted by Crippen LogP contribution is 2.07. The number of aryl methyl sites for hydroxylation is 1. The topological polar surface area (TPSA) is 37.8 Å². The molecule has 1 unspecified atom stereocenters. The van der Waals surface area contributed by atoms with Crippen LogP contribution in [0.2, 0.25) is 0 Å². The largest absolute Gasteiger partial charge is 0.368 e. The van der Waals surface area contributed by atoms with Crippen LogP contribution in [0.3, 0.4) is 0 Å². The van der Waals surface area contributed by atoms with Crippen molar-refractivity contribution < 1.29 is 0 Å². The van der Waals surface area contributed by atoms with Crippen molar-refractivity contribution in [2.24, 2.45) is 5.92 Å². The Kier molecular flexibility index (Phi) is 4.66. The lowest BCUT2D eigenvalue weighted by Gasteiger charge is -2.10. The van der Waals surface area contributed by atoms with E-state index in [9.17, 15) is 0 Å². The molecule has 1 atom stereocenters. The second kappa shape index (κ2) is 5.81. The van der Waals surface area contributed by atoms with Crippen LogP contribution in [0.15, 0.2) is 12.3 Å². The highest BCUT2D eigenvalue weighted by Gasteiger charge is 2.01. The fourth-order valence-corrected chi connectivity index (χ4v) is 1.49. The van der Waals surface area contributed by atoms with Gasteiger partial charge in [0.15, 0.2) is 0 Å². The molecule has 1 aromatic rings. The first-order valence-electron chi connectivity index (χ1n) is 4.81. The number of halogens is 1. The van der Waals surface area contributed by atoms with Gasteiger partial charge in [-0.2, -0.15) is 5.10 Å². The molecule has 0 saturated carbocycles. The molecule has 0 aliphatic rings. The van der Waals surface area contributed by atoms with Crippen LogP contribution in [0.1, 0.15) is 18.9 Å². The first-order chi connectivity index (χ1) is 6.72. The second-order valence-corrected chi connectivity index (χ2v) is 3.96. The smallest absolute Gasteiger partial charge is 0.148 e. The van der Waals surface area contributed by atoms with Gasteiger partial charge in [-0.1, -0.05) is 6.92 Å². The van der Waals surface area contributed by atoms with Gasteiger partial charge in [0.05, 0.1) is 6.20 Å². The van der Waals surface area contributed by atoms with Crippen LogP contribution in [0.4, 0.5) is 5.82 Å². The number of nitrogens with one attached hydrogen (secondary N) is 1. The minimum absolute atomic E-state index is 0.565. The van der Waals surface area contributed by atoms with Gasteiger partial charge in [0, 0.05) is 12.4 Å². The lowest BCUT2D eigenvalue weighted by molar-refractivity contribution is 0.595. The lowest BCUT2D eigenvalue weighted by atomic mass is 10.1. The molecule has 1 aromatic heterocycles. The first-order valence-corrected chi connectivity index (χ1v) is 5.35. The Bertz CT molecular complexity index is 278. The van der Waals surface area contributed by atoms with Crippen LogP contribution in [-0.2, 0) is 0 Å². The summed E-state index contributed by atoms with van der Waals surface area (Å²) in [6.07, 6.45) is 2.77. The van der Waals surface area contributed by atoms with Crippen molar-refractivity contribution in [1.29, 1.82) is 0 Å². The van der Waals surface area contributed by atoms with E-state index in [0.717, 1.165) is 24.3 Å². The van der Waals surface area contributed by atoms with E-state index in [1.165, 1.54) is 0 Å². The predicted molar refractivity (Wildman–Crippen MR) is 59.8 cm³/mol. The molecule has 4 heteroatoms. The van der Waals surface area contributed by atoms with Crippen molar-refractivity contribution in [3.63, 3.8) is 0 Å². The van der Waals surface area contributed by atoms with Crippen LogP contribution in [0, 0.1) is 12.8 Å². The minimum atomic E-state index is 0.565. The first kappa shape index (κ1) is 11.2. The standard InChI is InChI=1S/C10H16ClN3/c1-8(3-4-11)6-12-10-5-9(2)7-13-14-10/h5,7-8H,3-4,6H2,1-2H3,(H,12,14). The summed E-state index contributed by atoms with van der Waals surface area (Å²) in [7, 11) is 0. The Morgan fingerprint density at radius 1 is 1.57 bits per heavy atom. The molecule has 78 valence electrons. The summed E-state index contributed by atoms with van der Waals surface area (Å²) in [5.41, 5.74) is 1.12. The Balaban J connectivity index is 2.37. The summed E-state index contributed by atoms with van der Waals surface area (Å²) in [5, 5.41) is 11.1. The Morgan fingerprint density at radius 2 is 2.36 bits per heavy atom. The van der Waals surface area contributed by atoms with Gasteiger partial charge in [0.25, 0.3) is 0 Å². The molecule has 14 heavy (non-hydrogen) atoms. The number of alkyl halides is 1.